The van der Waals surface area contributed by atoms with Gasteiger partial charge < -0.3 is 10.2 Å². The van der Waals surface area contributed by atoms with E-state index in [0.29, 0.717) is 5.92 Å². The van der Waals surface area contributed by atoms with E-state index in [9.17, 15) is 4.79 Å². The molecule has 5 heteroatoms. The Morgan fingerprint density at radius 1 is 1.19 bits per heavy atom. The highest BCUT2D eigenvalue weighted by Gasteiger charge is 2.33. The summed E-state index contributed by atoms with van der Waals surface area (Å²) in [4.78, 5) is 17.4. The zero-order valence-corrected chi connectivity index (χ0v) is 13.8. The Labute approximate surface area is 133 Å². The first-order valence-electron chi connectivity index (χ1n) is 7.28. The number of carbonyl (C=O) groups excluding carboxylic acids is 1. The standard InChI is InChI=1S/C16H20N2OS2/c1-12-8-17-9-15(12)16(19)18(10-13-4-2-6-20-13)11-14-5-3-7-21-14/h2-7,12,15,17H,8-11H2,1H3/t12-,15-/m1/s1. The second-order valence-electron chi connectivity index (χ2n) is 5.60. The topological polar surface area (TPSA) is 32.3 Å². The number of nitrogens with one attached hydrogen (secondary N) is 1. The number of rotatable bonds is 5. The van der Waals surface area contributed by atoms with E-state index in [1.165, 1.54) is 9.75 Å². The Kier molecular flexibility index (Phi) is 4.73. The maximum Gasteiger partial charge on any atom is 0.227 e. The molecule has 0 unspecified atom stereocenters. The highest BCUT2D eigenvalue weighted by atomic mass is 32.1. The van der Waals surface area contributed by atoms with Crippen molar-refractivity contribution in [2.24, 2.45) is 11.8 Å². The fraction of sp³-hybridized carbons (Fsp3) is 0.438. The summed E-state index contributed by atoms with van der Waals surface area (Å²) < 4.78 is 0. The van der Waals surface area contributed by atoms with Crippen LogP contribution in [-0.4, -0.2) is 23.9 Å². The third kappa shape index (κ3) is 3.54. The summed E-state index contributed by atoms with van der Waals surface area (Å²) in [6.07, 6.45) is 0. The summed E-state index contributed by atoms with van der Waals surface area (Å²) in [6, 6.07) is 8.31. The first-order valence-corrected chi connectivity index (χ1v) is 9.04. The minimum Gasteiger partial charge on any atom is -0.332 e. The SMILES string of the molecule is C[C@@H]1CNC[C@H]1C(=O)N(Cc1cccs1)Cc1cccs1. The molecule has 0 saturated carbocycles. The van der Waals surface area contributed by atoms with Gasteiger partial charge >= 0.3 is 0 Å². The number of nitrogens with zero attached hydrogens (tertiary/aromatic N) is 1. The van der Waals surface area contributed by atoms with E-state index in [0.717, 1.165) is 26.2 Å². The average Bonchev–Trinajstić information content (AvgIpc) is 3.19. The molecule has 3 rings (SSSR count). The largest absolute Gasteiger partial charge is 0.332 e. The van der Waals surface area contributed by atoms with Gasteiger partial charge in [0.2, 0.25) is 5.91 Å². The monoisotopic (exact) mass is 320 g/mol. The summed E-state index contributed by atoms with van der Waals surface area (Å²) in [5.74, 6) is 0.825. The van der Waals surface area contributed by atoms with Crippen molar-refractivity contribution in [2.45, 2.75) is 20.0 Å². The Morgan fingerprint density at radius 3 is 2.24 bits per heavy atom. The molecule has 1 saturated heterocycles. The first-order chi connectivity index (χ1) is 10.2. The van der Waals surface area contributed by atoms with E-state index in [1.807, 2.05) is 17.0 Å². The van der Waals surface area contributed by atoms with Gasteiger partial charge in [-0.3, -0.25) is 4.79 Å². The molecule has 2 aromatic rings. The van der Waals surface area contributed by atoms with E-state index in [4.69, 9.17) is 0 Å². The van der Waals surface area contributed by atoms with Crippen LogP contribution in [0.15, 0.2) is 35.0 Å². The molecule has 0 aliphatic carbocycles. The minimum absolute atomic E-state index is 0.116. The van der Waals surface area contributed by atoms with Gasteiger partial charge in [0.1, 0.15) is 0 Å². The highest BCUT2D eigenvalue weighted by molar-refractivity contribution is 7.10. The van der Waals surface area contributed by atoms with Crippen molar-refractivity contribution in [1.29, 1.82) is 0 Å². The Balaban J connectivity index is 1.75. The van der Waals surface area contributed by atoms with E-state index in [2.05, 4.69) is 35.1 Å². The lowest BCUT2D eigenvalue weighted by Gasteiger charge is -2.26. The number of thiophene rings is 2. The smallest absolute Gasteiger partial charge is 0.227 e. The third-order valence-electron chi connectivity index (χ3n) is 4.00. The maximum absolute atomic E-state index is 12.9. The lowest BCUT2D eigenvalue weighted by Crippen LogP contribution is -2.37. The summed E-state index contributed by atoms with van der Waals surface area (Å²) >= 11 is 3.44. The fourth-order valence-corrected chi connectivity index (χ4v) is 4.21. The summed E-state index contributed by atoms with van der Waals surface area (Å²) in [6.45, 7) is 5.36. The Morgan fingerprint density at radius 2 is 1.81 bits per heavy atom. The zero-order valence-electron chi connectivity index (χ0n) is 12.1. The van der Waals surface area contributed by atoms with Crippen molar-refractivity contribution in [3.8, 4) is 0 Å². The van der Waals surface area contributed by atoms with Gasteiger partial charge in [0.15, 0.2) is 0 Å². The second kappa shape index (κ2) is 6.73. The van der Waals surface area contributed by atoms with Crippen molar-refractivity contribution in [2.75, 3.05) is 13.1 Å². The Bertz CT molecular complexity index is 529. The zero-order chi connectivity index (χ0) is 14.7. The van der Waals surface area contributed by atoms with Crippen molar-refractivity contribution in [1.82, 2.24) is 10.2 Å². The summed E-state index contributed by atoms with van der Waals surface area (Å²) in [7, 11) is 0. The molecule has 3 nitrogen and oxygen atoms in total. The van der Waals surface area contributed by atoms with E-state index >= 15 is 0 Å². The predicted octanol–water partition coefficient (Wildman–Crippen LogP) is 3.19. The molecular formula is C16H20N2OS2. The van der Waals surface area contributed by atoms with Gasteiger partial charge in [0.25, 0.3) is 0 Å². The van der Waals surface area contributed by atoms with Gasteiger partial charge in [0.05, 0.1) is 19.0 Å². The number of amides is 1. The minimum atomic E-state index is 0.116. The van der Waals surface area contributed by atoms with Crippen LogP contribution in [0.1, 0.15) is 16.7 Å². The molecule has 1 fully saturated rings. The second-order valence-corrected chi connectivity index (χ2v) is 7.66. The molecule has 2 atom stereocenters. The normalized spacial score (nSPS) is 21.6. The van der Waals surface area contributed by atoms with Crippen molar-refractivity contribution >= 4 is 28.6 Å². The van der Waals surface area contributed by atoms with Crippen molar-refractivity contribution in [3.63, 3.8) is 0 Å². The molecule has 2 aromatic heterocycles. The van der Waals surface area contributed by atoms with Gasteiger partial charge in [-0.1, -0.05) is 19.1 Å². The molecule has 0 aromatic carbocycles. The first kappa shape index (κ1) is 14.8. The van der Waals surface area contributed by atoms with Crippen LogP contribution in [0.3, 0.4) is 0 Å². The van der Waals surface area contributed by atoms with Crippen LogP contribution in [0.5, 0.6) is 0 Å². The molecule has 0 radical (unpaired) electrons. The van der Waals surface area contributed by atoms with Crippen LogP contribution < -0.4 is 5.32 Å². The van der Waals surface area contributed by atoms with Crippen molar-refractivity contribution in [3.05, 3.63) is 44.8 Å². The van der Waals surface area contributed by atoms with Gasteiger partial charge in [0, 0.05) is 16.3 Å². The molecule has 1 aliphatic rings. The number of hydrogen-bond donors (Lipinski definition) is 1. The van der Waals surface area contributed by atoms with E-state index in [1.54, 1.807) is 22.7 Å². The molecule has 0 bridgehead atoms. The van der Waals surface area contributed by atoms with Crippen molar-refractivity contribution < 1.29 is 4.79 Å². The molecule has 112 valence electrons. The molecule has 1 amide bonds. The van der Waals surface area contributed by atoms with Crippen LogP contribution >= 0.6 is 22.7 Å². The van der Waals surface area contributed by atoms with E-state index in [-0.39, 0.29) is 11.8 Å². The lowest BCUT2D eigenvalue weighted by molar-refractivity contribution is -0.137. The predicted molar refractivity (Wildman–Crippen MR) is 88.4 cm³/mol. The highest BCUT2D eigenvalue weighted by Crippen LogP contribution is 2.23. The van der Waals surface area contributed by atoms with Gasteiger partial charge in [-0.2, -0.15) is 0 Å². The number of carbonyl (C=O) groups is 1. The van der Waals surface area contributed by atoms with Crippen LogP contribution in [-0.2, 0) is 17.9 Å². The maximum atomic E-state index is 12.9. The average molecular weight is 320 g/mol. The molecule has 0 spiro atoms. The summed E-state index contributed by atoms with van der Waals surface area (Å²) in [5.41, 5.74) is 0. The molecule has 1 N–H and O–H groups in total. The van der Waals surface area contributed by atoms with E-state index < -0.39 is 0 Å². The van der Waals surface area contributed by atoms with Crippen LogP contribution in [0, 0.1) is 11.8 Å². The quantitative estimate of drug-likeness (QED) is 0.917. The van der Waals surface area contributed by atoms with Gasteiger partial charge in [-0.15, -0.1) is 22.7 Å². The van der Waals surface area contributed by atoms with Crippen LogP contribution in [0.25, 0.3) is 0 Å². The van der Waals surface area contributed by atoms with Gasteiger partial charge in [-0.25, -0.2) is 0 Å². The summed E-state index contributed by atoms with van der Waals surface area (Å²) in [5, 5.41) is 7.48. The molecule has 3 heterocycles. The Hall–Kier alpha value is -1.17. The number of hydrogen-bond acceptors (Lipinski definition) is 4. The van der Waals surface area contributed by atoms with Crippen LogP contribution in [0.4, 0.5) is 0 Å². The molecular weight excluding hydrogens is 300 g/mol. The van der Waals surface area contributed by atoms with Crippen LogP contribution in [0.2, 0.25) is 0 Å². The lowest BCUT2D eigenvalue weighted by atomic mass is 9.96. The fourth-order valence-electron chi connectivity index (χ4n) is 2.77. The van der Waals surface area contributed by atoms with Gasteiger partial charge in [-0.05, 0) is 35.4 Å². The third-order valence-corrected chi connectivity index (χ3v) is 5.72. The molecule has 21 heavy (non-hydrogen) atoms. The molecule has 1 aliphatic heterocycles.